The first-order valence-corrected chi connectivity index (χ1v) is 8.07. The number of hydrogen-bond donors (Lipinski definition) is 0. The fraction of sp³-hybridized carbons (Fsp3) is 0.467. The lowest BCUT2D eigenvalue weighted by Crippen LogP contribution is -2.34. The number of pyridine rings is 1. The second kappa shape index (κ2) is 6.24. The molecule has 0 radical (unpaired) electrons. The van der Waals surface area contributed by atoms with Crippen LogP contribution in [0.15, 0.2) is 29.9 Å². The first kappa shape index (κ1) is 15.3. The van der Waals surface area contributed by atoms with Crippen LogP contribution in [0.25, 0.3) is 0 Å². The van der Waals surface area contributed by atoms with Crippen molar-refractivity contribution in [3.8, 4) is 0 Å². The zero-order valence-electron chi connectivity index (χ0n) is 11.9. The van der Waals surface area contributed by atoms with E-state index in [1.165, 1.54) is 12.3 Å². The molecule has 2 aromatic heterocycles. The molecule has 0 saturated carbocycles. The summed E-state index contributed by atoms with van der Waals surface area (Å²) < 4.78 is 37.5. The van der Waals surface area contributed by atoms with Crippen molar-refractivity contribution in [3.63, 3.8) is 0 Å². The van der Waals surface area contributed by atoms with Crippen LogP contribution in [0.2, 0.25) is 0 Å². The van der Waals surface area contributed by atoms with Gasteiger partial charge in [0.05, 0.1) is 16.9 Å². The Labute approximate surface area is 130 Å². The van der Waals surface area contributed by atoms with Gasteiger partial charge in [-0.05, 0) is 30.9 Å². The molecule has 0 amide bonds. The zero-order chi connectivity index (χ0) is 15.6. The van der Waals surface area contributed by atoms with Crippen LogP contribution in [0.5, 0.6) is 0 Å². The number of nitrogens with zero attached hydrogens (tertiary/aromatic N) is 3. The molecule has 3 heterocycles. The monoisotopic (exact) mass is 327 g/mol. The third kappa shape index (κ3) is 3.58. The molecule has 0 bridgehead atoms. The molecule has 1 saturated heterocycles. The van der Waals surface area contributed by atoms with Gasteiger partial charge in [0, 0.05) is 31.1 Å². The van der Waals surface area contributed by atoms with Crippen LogP contribution in [0.1, 0.15) is 23.5 Å². The average molecular weight is 327 g/mol. The molecule has 3 nitrogen and oxygen atoms in total. The summed E-state index contributed by atoms with van der Waals surface area (Å²) in [5, 5.41) is 3.15. The maximum Gasteiger partial charge on any atom is 0.433 e. The van der Waals surface area contributed by atoms with E-state index in [9.17, 15) is 13.2 Å². The van der Waals surface area contributed by atoms with Gasteiger partial charge in [0.25, 0.3) is 0 Å². The van der Waals surface area contributed by atoms with E-state index < -0.39 is 11.9 Å². The molecule has 0 aromatic carbocycles. The van der Waals surface area contributed by atoms with Gasteiger partial charge in [-0.15, -0.1) is 11.3 Å². The van der Waals surface area contributed by atoms with Crippen LogP contribution in [0.3, 0.4) is 0 Å². The molecule has 0 aliphatic carbocycles. The van der Waals surface area contributed by atoms with E-state index >= 15 is 0 Å². The highest BCUT2D eigenvalue weighted by atomic mass is 32.1. The summed E-state index contributed by atoms with van der Waals surface area (Å²) in [5.74, 6) is 0.602. The highest BCUT2D eigenvalue weighted by Gasteiger charge is 2.32. The first-order valence-electron chi connectivity index (χ1n) is 7.19. The fourth-order valence-electron chi connectivity index (χ4n) is 2.74. The molecule has 118 valence electrons. The molecule has 3 rings (SSSR count). The minimum absolute atomic E-state index is 0.602. The van der Waals surface area contributed by atoms with Gasteiger partial charge in [0.1, 0.15) is 5.69 Å². The topological polar surface area (TPSA) is 29.0 Å². The van der Waals surface area contributed by atoms with Crippen molar-refractivity contribution < 1.29 is 13.2 Å². The van der Waals surface area contributed by atoms with Crippen LogP contribution < -0.4 is 4.90 Å². The van der Waals surface area contributed by atoms with Gasteiger partial charge in [0.2, 0.25) is 0 Å². The Balaban J connectivity index is 1.57. The molecule has 7 heteroatoms. The Morgan fingerprint density at radius 2 is 1.95 bits per heavy atom. The summed E-state index contributed by atoms with van der Waals surface area (Å²) in [6.07, 6.45) is 1.82. The standard InChI is InChI=1S/C15H16F3N3S/c16-15(17,18)13-2-1-12(10-20-13)21-6-3-11(4-7-21)9-14-19-5-8-22-14/h1-2,5,8,10-11H,3-4,6-7,9H2. The Kier molecular flexibility index (Phi) is 4.33. The molecule has 2 aromatic rings. The number of rotatable bonds is 3. The molecule has 0 unspecified atom stereocenters. The molecular weight excluding hydrogens is 311 g/mol. The highest BCUT2D eigenvalue weighted by molar-refractivity contribution is 7.09. The summed E-state index contributed by atoms with van der Waals surface area (Å²) in [7, 11) is 0. The molecule has 0 N–H and O–H groups in total. The highest BCUT2D eigenvalue weighted by Crippen LogP contribution is 2.30. The Hall–Kier alpha value is -1.63. The SMILES string of the molecule is FC(F)(F)c1ccc(N2CCC(Cc3nccs3)CC2)cn1. The van der Waals surface area contributed by atoms with Gasteiger partial charge < -0.3 is 4.90 Å². The maximum absolute atomic E-state index is 12.5. The van der Waals surface area contributed by atoms with Crippen molar-refractivity contribution in [3.05, 3.63) is 40.6 Å². The molecule has 1 aliphatic heterocycles. The second-order valence-corrected chi connectivity index (χ2v) is 6.44. The average Bonchev–Trinajstić information content (AvgIpc) is 3.00. The number of alkyl halides is 3. The van der Waals surface area contributed by atoms with Gasteiger partial charge in [-0.2, -0.15) is 13.2 Å². The van der Waals surface area contributed by atoms with Crippen molar-refractivity contribution in [1.29, 1.82) is 0 Å². The van der Waals surface area contributed by atoms with Crippen LogP contribution in [-0.2, 0) is 12.6 Å². The van der Waals surface area contributed by atoms with Crippen LogP contribution in [0.4, 0.5) is 18.9 Å². The molecule has 0 spiro atoms. The van der Waals surface area contributed by atoms with E-state index in [0.29, 0.717) is 5.92 Å². The van der Waals surface area contributed by atoms with Crippen LogP contribution >= 0.6 is 11.3 Å². The van der Waals surface area contributed by atoms with Gasteiger partial charge in [0.15, 0.2) is 0 Å². The summed E-state index contributed by atoms with van der Waals surface area (Å²) in [6.45, 7) is 1.70. The summed E-state index contributed by atoms with van der Waals surface area (Å²) in [4.78, 5) is 9.94. The van der Waals surface area contributed by atoms with E-state index in [-0.39, 0.29) is 0 Å². The molecule has 1 aliphatic rings. The zero-order valence-corrected chi connectivity index (χ0v) is 12.7. The molecular formula is C15H16F3N3S. The lowest BCUT2D eigenvalue weighted by atomic mass is 9.93. The summed E-state index contributed by atoms with van der Waals surface area (Å²) in [6, 6.07) is 2.56. The molecule has 22 heavy (non-hydrogen) atoms. The van der Waals surface area contributed by atoms with E-state index in [0.717, 1.165) is 49.1 Å². The van der Waals surface area contributed by atoms with Gasteiger partial charge in [-0.25, -0.2) is 9.97 Å². The van der Waals surface area contributed by atoms with Crippen molar-refractivity contribution in [2.24, 2.45) is 5.92 Å². The fourth-order valence-corrected chi connectivity index (χ4v) is 3.47. The summed E-state index contributed by atoms with van der Waals surface area (Å²) >= 11 is 1.68. The number of anilines is 1. The minimum Gasteiger partial charge on any atom is -0.370 e. The Morgan fingerprint density at radius 1 is 1.18 bits per heavy atom. The van der Waals surface area contributed by atoms with Gasteiger partial charge in [-0.3, -0.25) is 0 Å². The first-order chi connectivity index (χ1) is 10.5. The predicted molar refractivity (Wildman–Crippen MR) is 80.0 cm³/mol. The number of hydrogen-bond acceptors (Lipinski definition) is 4. The lowest BCUT2D eigenvalue weighted by molar-refractivity contribution is -0.141. The van der Waals surface area contributed by atoms with Crippen LogP contribution in [0, 0.1) is 5.92 Å². The third-order valence-corrected chi connectivity index (χ3v) is 4.77. The van der Waals surface area contributed by atoms with Crippen molar-refractivity contribution in [1.82, 2.24) is 9.97 Å². The van der Waals surface area contributed by atoms with E-state index in [4.69, 9.17) is 0 Å². The van der Waals surface area contributed by atoms with E-state index in [2.05, 4.69) is 14.9 Å². The van der Waals surface area contributed by atoms with Crippen molar-refractivity contribution >= 4 is 17.0 Å². The predicted octanol–water partition coefficient (Wildman–Crippen LogP) is 4.02. The Morgan fingerprint density at radius 3 is 2.50 bits per heavy atom. The lowest BCUT2D eigenvalue weighted by Gasteiger charge is -2.33. The van der Waals surface area contributed by atoms with E-state index in [1.807, 2.05) is 11.6 Å². The van der Waals surface area contributed by atoms with Gasteiger partial charge >= 0.3 is 6.18 Å². The van der Waals surface area contributed by atoms with Gasteiger partial charge in [-0.1, -0.05) is 0 Å². The number of halogens is 3. The van der Waals surface area contributed by atoms with Crippen molar-refractivity contribution in [2.45, 2.75) is 25.4 Å². The maximum atomic E-state index is 12.5. The smallest absolute Gasteiger partial charge is 0.370 e. The normalized spacial score (nSPS) is 17.0. The van der Waals surface area contributed by atoms with Crippen LogP contribution in [-0.4, -0.2) is 23.1 Å². The number of aromatic nitrogens is 2. The molecule has 0 atom stereocenters. The number of thiazole rings is 1. The summed E-state index contributed by atoms with van der Waals surface area (Å²) in [5.41, 5.74) is -0.0735. The third-order valence-electron chi connectivity index (χ3n) is 3.96. The largest absolute Gasteiger partial charge is 0.433 e. The minimum atomic E-state index is -4.38. The molecule has 1 fully saturated rings. The Bertz CT molecular complexity index is 587. The van der Waals surface area contributed by atoms with Crippen molar-refractivity contribution in [2.75, 3.05) is 18.0 Å². The quantitative estimate of drug-likeness (QED) is 0.853. The van der Waals surface area contributed by atoms with E-state index in [1.54, 1.807) is 11.3 Å². The number of piperidine rings is 1. The second-order valence-electron chi connectivity index (χ2n) is 5.46.